The normalized spacial score (nSPS) is 33.2. The third-order valence-corrected chi connectivity index (χ3v) is 2.27. The summed E-state index contributed by atoms with van der Waals surface area (Å²) in [6.45, 7) is 1.85. The molecule has 1 aliphatic heterocycles. The highest BCUT2D eigenvalue weighted by Gasteiger charge is 2.33. The Morgan fingerprint density at radius 2 is 2.50 bits per heavy atom. The van der Waals surface area contributed by atoms with Gasteiger partial charge in [0, 0.05) is 0 Å². The van der Waals surface area contributed by atoms with Crippen LogP contribution < -0.4 is 5.32 Å². The van der Waals surface area contributed by atoms with Gasteiger partial charge < -0.3 is 0 Å². The minimum absolute atomic E-state index is 0.405. The maximum absolute atomic E-state index is 4.02. The first-order valence-electron chi connectivity index (χ1n) is 2.37. The number of hydrogen-bond acceptors (Lipinski definition) is 3. The van der Waals surface area contributed by atoms with Gasteiger partial charge in [0.1, 0.15) is 0 Å². The molecule has 1 nitrogen and oxygen atoms in total. The van der Waals surface area contributed by atoms with Crippen LogP contribution in [-0.4, -0.2) is 11.4 Å². The Hall–Kier alpha value is 0.220. The average molecular weight is 145 g/mol. The number of thiol groups is 1. The predicted molar refractivity (Wildman–Crippen MR) is 40.7 cm³/mol. The van der Waals surface area contributed by atoms with Gasteiger partial charge in [-0.1, -0.05) is 16.7 Å². The van der Waals surface area contributed by atoms with Crippen LogP contribution >= 0.6 is 22.5 Å². The van der Waals surface area contributed by atoms with Gasteiger partial charge in [0.05, 0.1) is 11.4 Å². The van der Waals surface area contributed by atoms with Crippen LogP contribution in [0.25, 0.3) is 0 Å². The smallest absolute Gasteiger partial charge is 0.0957 e. The van der Waals surface area contributed by atoms with Crippen LogP contribution in [-0.2, 0) is 0 Å². The molecule has 0 amide bonds. The summed E-state index contributed by atoms with van der Waals surface area (Å²) in [5.74, 6) is 5.82. The molecule has 0 radical (unpaired) electrons. The molecule has 0 spiro atoms. The molecule has 44 valence electrons. The third-order valence-electron chi connectivity index (χ3n) is 0.951. The fourth-order valence-electron chi connectivity index (χ4n) is 0.486. The van der Waals surface area contributed by atoms with Crippen molar-refractivity contribution in [3.63, 3.8) is 0 Å². The first kappa shape index (κ1) is 6.34. The number of rotatable bonds is 1. The van der Waals surface area contributed by atoms with Crippen LogP contribution in [0.4, 0.5) is 0 Å². The van der Waals surface area contributed by atoms with Crippen molar-refractivity contribution >= 4 is 22.5 Å². The van der Waals surface area contributed by atoms with Gasteiger partial charge in [0.25, 0.3) is 0 Å². The summed E-state index contributed by atoms with van der Waals surface area (Å²) in [5.41, 5.74) is 0. The van der Waals surface area contributed by atoms with Gasteiger partial charge >= 0.3 is 0 Å². The highest BCUT2D eigenvalue weighted by atomic mass is 33.1. The van der Waals surface area contributed by atoms with Crippen molar-refractivity contribution in [2.75, 3.05) is 0 Å². The van der Waals surface area contributed by atoms with E-state index in [0.717, 1.165) is 0 Å². The highest BCUT2D eigenvalue weighted by Crippen LogP contribution is 2.25. The van der Waals surface area contributed by atoms with Crippen LogP contribution in [0.15, 0.2) is 0 Å². The molecule has 0 aromatic carbocycles. The van der Waals surface area contributed by atoms with Crippen molar-refractivity contribution in [2.24, 2.45) is 0 Å². The van der Waals surface area contributed by atoms with E-state index < -0.39 is 0 Å². The van der Waals surface area contributed by atoms with Crippen LogP contribution in [0.1, 0.15) is 6.92 Å². The molecular formula is C5H7NS2. The molecule has 0 bridgehead atoms. The molecular weight excluding hydrogens is 138 g/mol. The fraction of sp³-hybridized carbons (Fsp3) is 0.600. The Bertz CT molecular complexity index is 135. The minimum atomic E-state index is 0.405. The Morgan fingerprint density at radius 3 is 2.88 bits per heavy atom. The van der Waals surface area contributed by atoms with E-state index in [0.29, 0.717) is 11.4 Å². The Morgan fingerprint density at radius 1 is 1.75 bits per heavy atom. The lowest BCUT2D eigenvalue weighted by atomic mass is 10.5. The predicted octanol–water partition coefficient (Wildman–Crippen LogP) is 0.886. The SMILES string of the molecule is CC#C[C@H]1N[C@H]1SS. The van der Waals surface area contributed by atoms with Crippen molar-refractivity contribution in [2.45, 2.75) is 18.3 Å². The number of nitrogens with one attached hydrogen (secondary N) is 1. The van der Waals surface area contributed by atoms with E-state index in [1.165, 1.54) is 10.8 Å². The molecule has 0 saturated carbocycles. The zero-order valence-electron chi connectivity index (χ0n) is 4.51. The summed E-state index contributed by atoms with van der Waals surface area (Å²) in [7, 11) is 1.52. The second-order valence-electron chi connectivity index (χ2n) is 1.56. The van der Waals surface area contributed by atoms with E-state index in [1.54, 1.807) is 0 Å². The van der Waals surface area contributed by atoms with Gasteiger partial charge in [0.2, 0.25) is 0 Å². The standard InChI is InChI=1S/C5H7NS2/c1-2-3-4-5(6-4)8-7/h4-7H,1H3/t4-,5+/m1/s1. The zero-order chi connectivity index (χ0) is 5.98. The molecule has 0 aromatic heterocycles. The topological polar surface area (TPSA) is 21.9 Å². The van der Waals surface area contributed by atoms with Crippen molar-refractivity contribution in [1.29, 1.82) is 0 Å². The molecule has 1 saturated heterocycles. The summed E-state index contributed by atoms with van der Waals surface area (Å²) in [5, 5.41) is 3.61. The lowest BCUT2D eigenvalue weighted by Gasteiger charge is -1.75. The summed E-state index contributed by atoms with van der Waals surface area (Å²) in [4.78, 5) is 0. The molecule has 2 atom stereocenters. The highest BCUT2D eigenvalue weighted by molar-refractivity contribution is 8.69. The van der Waals surface area contributed by atoms with Crippen LogP contribution in [0.3, 0.4) is 0 Å². The monoisotopic (exact) mass is 145 g/mol. The van der Waals surface area contributed by atoms with E-state index in [-0.39, 0.29) is 0 Å². The van der Waals surface area contributed by atoms with E-state index in [1.807, 2.05) is 6.92 Å². The lowest BCUT2D eigenvalue weighted by molar-refractivity contribution is 1.24. The second kappa shape index (κ2) is 2.67. The summed E-state index contributed by atoms with van der Waals surface area (Å²) >= 11 is 4.02. The summed E-state index contributed by atoms with van der Waals surface area (Å²) in [6, 6.07) is 0.405. The first-order chi connectivity index (χ1) is 3.88. The summed E-state index contributed by atoms with van der Waals surface area (Å²) < 4.78 is 0. The van der Waals surface area contributed by atoms with E-state index in [9.17, 15) is 0 Å². The summed E-state index contributed by atoms with van der Waals surface area (Å²) in [6.07, 6.45) is 0. The molecule has 0 aromatic rings. The second-order valence-corrected chi connectivity index (χ2v) is 2.92. The van der Waals surface area contributed by atoms with E-state index in [4.69, 9.17) is 0 Å². The molecule has 1 aliphatic rings. The zero-order valence-corrected chi connectivity index (χ0v) is 6.22. The molecule has 8 heavy (non-hydrogen) atoms. The van der Waals surface area contributed by atoms with E-state index >= 15 is 0 Å². The number of hydrogen-bond donors (Lipinski definition) is 2. The van der Waals surface area contributed by atoms with Crippen molar-refractivity contribution in [3.05, 3.63) is 0 Å². The van der Waals surface area contributed by atoms with Crippen LogP contribution in [0, 0.1) is 11.8 Å². The largest absolute Gasteiger partial charge is 0.287 e. The van der Waals surface area contributed by atoms with Crippen molar-refractivity contribution < 1.29 is 0 Å². The van der Waals surface area contributed by atoms with Gasteiger partial charge in [-0.2, -0.15) is 0 Å². The Labute approximate surface area is 58.4 Å². The maximum atomic E-state index is 4.02. The molecule has 1 fully saturated rings. The molecule has 0 unspecified atom stereocenters. The van der Waals surface area contributed by atoms with Crippen LogP contribution in [0.2, 0.25) is 0 Å². The maximum Gasteiger partial charge on any atom is 0.0957 e. The third kappa shape index (κ3) is 1.35. The first-order valence-corrected chi connectivity index (χ1v) is 4.30. The minimum Gasteiger partial charge on any atom is -0.287 e. The Kier molecular flexibility index (Phi) is 2.12. The van der Waals surface area contributed by atoms with Gasteiger partial charge in [-0.15, -0.1) is 17.6 Å². The Balaban J connectivity index is 2.23. The van der Waals surface area contributed by atoms with Gasteiger partial charge in [-0.3, -0.25) is 5.32 Å². The van der Waals surface area contributed by atoms with Crippen molar-refractivity contribution in [1.82, 2.24) is 5.32 Å². The lowest BCUT2D eigenvalue weighted by Crippen LogP contribution is -1.80. The van der Waals surface area contributed by atoms with E-state index in [2.05, 4.69) is 28.8 Å². The quantitative estimate of drug-likeness (QED) is 0.247. The molecule has 1 N–H and O–H groups in total. The van der Waals surface area contributed by atoms with Gasteiger partial charge in [-0.25, -0.2) is 0 Å². The molecule has 1 heterocycles. The van der Waals surface area contributed by atoms with Gasteiger partial charge in [-0.05, 0) is 6.92 Å². The average Bonchev–Trinajstić information content (AvgIpc) is 2.48. The fourth-order valence-corrected chi connectivity index (χ4v) is 1.43. The molecule has 0 aliphatic carbocycles. The molecule has 3 heteroatoms. The molecule has 1 rings (SSSR count). The van der Waals surface area contributed by atoms with Gasteiger partial charge in [0.15, 0.2) is 0 Å². The van der Waals surface area contributed by atoms with Crippen LogP contribution in [0.5, 0.6) is 0 Å². The van der Waals surface area contributed by atoms with Crippen molar-refractivity contribution in [3.8, 4) is 11.8 Å².